The van der Waals surface area contributed by atoms with E-state index < -0.39 is 0 Å². The van der Waals surface area contributed by atoms with Gasteiger partial charge in [0.2, 0.25) is 0 Å². The molecule has 10 aromatic carbocycles. The second-order valence-corrected chi connectivity index (χ2v) is 17.9. The van der Waals surface area contributed by atoms with Gasteiger partial charge in [0, 0.05) is 27.1 Å². The smallest absolute Gasteiger partial charge is 0.0998 e. The largest absolute Gasteiger partial charge is 0.307 e. The van der Waals surface area contributed by atoms with Crippen LogP contribution in [0.4, 0.5) is 0 Å². The molecule has 12 rings (SSSR count). The molecule has 0 radical (unpaired) electrons. The summed E-state index contributed by atoms with van der Waals surface area (Å²) in [7, 11) is 0. The highest BCUT2D eigenvalue weighted by molar-refractivity contribution is 6.14. The van der Waals surface area contributed by atoms with Crippen molar-refractivity contribution in [3.63, 3.8) is 0 Å². The monoisotopic (exact) mass is 938 g/mol. The predicted molar refractivity (Wildman–Crippen MR) is 291 cm³/mol. The van der Waals surface area contributed by atoms with Gasteiger partial charge in [-0.05, 0) is 123 Å². The van der Waals surface area contributed by atoms with Crippen LogP contribution in [0.15, 0.2) is 206 Å². The Balaban J connectivity index is 1.28. The summed E-state index contributed by atoms with van der Waals surface area (Å²) in [5.41, 5.74) is 15.1. The zero-order valence-electron chi connectivity index (χ0n) is 39.2. The summed E-state index contributed by atoms with van der Waals surface area (Å²) >= 11 is 0. The molecule has 338 valence electrons. The molecular weight excluding hydrogens is 905 g/mol. The van der Waals surface area contributed by atoms with Crippen molar-refractivity contribution < 1.29 is 0 Å². The van der Waals surface area contributed by atoms with Crippen molar-refractivity contribution in [2.45, 2.75) is 0 Å². The topological polar surface area (TPSA) is 153 Å². The van der Waals surface area contributed by atoms with Gasteiger partial charge in [0.25, 0.3) is 0 Å². The Hall–Kier alpha value is -11.3. The molecule has 0 fully saturated rings. The van der Waals surface area contributed by atoms with Gasteiger partial charge in [0.15, 0.2) is 0 Å². The summed E-state index contributed by atoms with van der Waals surface area (Å²) in [6.45, 7) is 0. The van der Waals surface area contributed by atoms with Gasteiger partial charge in [-0.1, -0.05) is 133 Å². The fraction of sp³-hybridized carbons (Fsp3) is 0. The van der Waals surface area contributed by atoms with E-state index in [1.54, 1.807) is 24.3 Å². The van der Waals surface area contributed by atoms with Gasteiger partial charge >= 0.3 is 0 Å². The average molecular weight is 939 g/mol. The lowest BCUT2D eigenvalue weighted by atomic mass is 9.96. The molecule has 2 aromatic heterocycles. The second-order valence-electron chi connectivity index (χ2n) is 17.9. The van der Waals surface area contributed by atoms with Gasteiger partial charge in [-0.15, -0.1) is 0 Å². The minimum Gasteiger partial charge on any atom is -0.307 e. The lowest BCUT2D eigenvalue weighted by Gasteiger charge is -2.20. The molecule has 0 aliphatic heterocycles. The van der Waals surface area contributed by atoms with Gasteiger partial charge < -0.3 is 9.13 Å². The van der Waals surface area contributed by atoms with Crippen molar-refractivity contribution >= 4 is 43.6 Å². The van der Waals surface area contributed by atoms with E-state index in [1.807, 2.05) is 133 Å². The van der Waals surface area contributed by atoms with Crippen LogP contribution < -0.4 is 0 Å². The summed E-state index contributed by atoms with van der Waals surface area (Å²) in [4.78, 5) is 0. The first-order chi connectivity index (χ1) is 36.4. The Morgan fingerprint density at radius 3 is 0.905 bits per heavy atom. The molecular formula is C66H34N8. The molecule has 0 saturated heterocycles. The summed E-state index contributed by atoms with van der Waals surface area (Å²) in [6, 6.07) is 80.4. The molecule has 0 amide bonds. The number of rotatable bonds is 7. The van der Waals surface area contributed by atoms with Crippen LogP contribution >= 0.6 is 0 Å². The Kier molecular flexibility index (Phi) is 10.7. The molecule has 0 saturated carbocycles. The van der Waals surface area contributed by atoms with E-state index in [0.717, 1.165) is 88.1 Å². The summed E-state index contributed by atoms with van der Waals surface area (Å²) in [5.74, 6) is 0. The second kappa shape index (κ2) is 17.9. The minimum atomic E-state index is 0.360. The van der Waals surface area contributed by atoms with E-state index in [2.05, 4.69) is 94.1 Å². The van der Waals surface area contributed by atoms with E-state index in [1.165, 1.54) is 0 Å². The number of nitrogens with zero attached hydrogens (tertiary/aromatic N) is 8. The van der Waals surface area contributed by atoms with Crippen LogP contribution in [-0.2, 0) is 0 Å². The molecule has 0 spiro atoms. The molecule has 0 bridgehead atoms. The zero-order chi connectivity index (χ0) is 50.5. The first-order valence-electron chi connectivity index (χ1n) is 23.7. The molecule has 0 N–H and O–H groups in total. The first-order valence-corrected chi connectivity index (χ1v) is 23.7. The molecule has 0 unspecified atom stereocenters. The van der Waals surface area contributed by atoms with E-state index in [0.29, 0.717) is 55.9 Å². The maximum absolute atomic E-state index is 11.3. The third-order valence-electron chi connectivity index (χ3n) is 14.0. The van der Waals surface area contributed by atoms with Gasteiger partial charge in [0.1, 0.15) is 0 Å². The van der Waals surface area contributed by atoms with Crippen molar-refractivity contribution in [2.24, 2.45) is 0 Å². The number of hydrogen-bond acceptors (Lipinski definition) is 6. The first kappa shape index (κ1) is 44.0. The fourth-order valence-corrected chi connectivity index (χ4v) is 10.6. The maximum atomic E-state index is 11.3. The van der Waals surface area contributed by atoms with Crippen LogP contribution in [0.3, 0.4) is 0 Å². The van der Waals surface area contributed by atoms with Gasteiger partial charge in [-0.3, -0.25) is 0 Å². The molecule has 12 aromatic rings. The van der Waals surface area contributed by atoms with E-state index in [4.69, 9.17) is 0 Å². The highest BCUT2D eigenvalue weighted by Gasteiger charge is 2.25. The number of benzene rings is 10. The summed E-state index contributed by atoms with van der Waals surface area (Å²) < 4.78 is 4.38. The lowest BCUT2D eigenvalue weighted by molar-refractivity contribution is 1.09. The van der Waals surface area contributed by atoms with Gasteiger partial charge in [-0.2, -0.15) is 31.6 Å². The highest BCUT2D eigenvalue weighted by atomic mass is 15.1. The molecule has 74 heavy (non-hydrogen) atoms. The van der Waals surface area contributed by atoms with Crippen molar-refractivity contribution in [1.29, 1.82) is 31.6 Å². The third kappa shape index (κ3) is 7.10. The quantitative estimate of drug-likeness (QED) is 0.155. The molecule has 8 nitrogen and oxygen atoms in total. The van der Waals surface area contributed by atoms with Crippen molar-refractivity contribution in [3.8, 4) is 103 Å². The van der Waals surface area contributed by atoms with Gasteiger partial charge in [-0.25, -0.2) is 0 Å². The predicted octanol–water partition coefficient (Wildman–Crippen LogP) is 15.4. The average Bonchev–Trinajstić information content (AvgIpc) is 3.99. The van der Waals surface area contributed by atoms with Crippen LogP contribution in [0, 0.1) is 68.0 Å². The van der Waals surface area contributed by atoms with Crippen LogP contribution in [-0.4, -0.2) is 9.13 Å². The fourth-order valence-electron chi connectivity index (χ4n) is 10.6. The van der Waals surface area contributed by atoms with Crippen molar-refractivity contribution in [1.82, 2.24) is 9.13 Å². The minimum absolute atomic E-state index is 0.360. The summed E-state index contributed by atoms with van der Waals surface area (Å²) in [6.07, 6.45) is 0. The molecule has 0 atom stereocenters. The van der Waals surface area contributed by atoms with Gasteiger partial charge in [0.05, 0.1) is 103 Å². The zero-order valence-corrected chi connectivity index (χ0v) is 39.2. The molecule has 2 heterocycles. The van der Waals surface area contributed by atoms with Crippen LogP contribution in [0.1, 0.15) is 33.4 Å². The number of fused-ring (bicyclic) bond motifs is 6. The number of nitriles is 6. The number of aromatic nitrogens is 2. The van der Waals surface area contributed by atoms with E-state index in [9.17, 15) is 31.6 Å². The standard InChI is InChI=1S/C66H34N8/c67-35-41-10-9-15-42(28-41)60-34-66(74-63-31-45(54-18-7-3-13-49(54)38-70)22-26-58(63)59-27-23-46(32-64(59)74)55-19-8-4-14-50(55)39-71)65(33-51(60)40-72)73-61-29-43(52-16-5-1-11-47(52)36-68)20-24-56(61)57-25-21-44(30-62(57)73)53-17-6-2-12-48(53)37-69/h1-34H. The van der Waals surface area contributed by atoms with Crippen LogP contribution in [0.2, 0.25) is 0 Å². The van der Waals surface area contributed by atoms with Crippen LogP contribution in [0.5, 0.6) is 0 Å². The van der Waals surface area contributed by atoms with Crippen molar-refractivity contribution in [2.75, 3.05) is 0 Å². The highest BCUT2D eigenvalue weighted by Crippen LogP contribution is 2.45. The summed E-state index contributed by atoms with van der Waals surface area (Å²) in [5, 5.41) is 66.5. The Bertz CT molecular complexity index is 4410. The maximum Gasteiger partial charge on any atom is 0.0998 e. The Morgan fingerprint density at radius 2 is 0.568 bits per heavy atom. The SMILES string of the molecule is N#Cc1cccc(-c2cc(-n3c4cc(-c5ccccc5C#N)ccc4c4ccc(-c5ccccc5C#N)cc43)c(-n3c4cc(-c5ccccc5C#N)ccc4c4ccc(-c5ccccc5C#N)cc43)cc2C#N)c1. The Labute approximate surface area is 425 Å². The molecule has 0 aliphatic carbocycles. The Morgan fingerprint density at radius 1 is 0.243 bits per heavy atom. The molecule has 0 aliphatic rings. The lowest BCUT2D eigenvalue weighted by Crippen LogP contribution is -2.06. The molecule has 8 heteroatoms. The van der Waals surface area contributed by atoms with E-state index in [-0.39, 0.29) is 0 Å². The van der Waals surface area contributed by atoms with E-state index >= 15 is 0 Å². The van der Waals surface area contributed by atoms with Crippen LogP contribution in [0.25, 0.3) is 111 Å². The van der Waals surface area contributed by atoms with Crippen molar-refractivity contribution in [3.05, 3.63) is 240 Å². The normalized spacial score (nSPS) is 10.9. The number of hydrogen-bond donors (Lipinski definition) is 0. The third-order valence-corrected chi connectivity index (χ3v) is 14.0.